The SMILES string of the molecule is N#Cc1ccc(-n2c3cccc4ccc5c(N(c6ccccc6)c6ccc7c(ccc8cc(N(c9ccccc9)c9ccc%10c%11c9ccc9cccc(c9%11)n%10-c9ccc(C#N)cc9)ccc87)c6)ccc2c5c43)cc1. The van der Waals surface area contributed by atoms with Crippen molar-refractivity contribution >= 4 is 121 Å². The molecule has 0 aliphatic carbocycles. The number of anilines is 6. The van der Waals surface area contributed by atoms with Crippen LogP contribution in [0.3, 0.4) is 0 Å². The van der Waals surface area contributed by atoms with Crippen molar-refractivity contribution in [3.63, 3.8) is 0 Å². The van der Waals surface area contributed by atoms with E-state index in [1.165, 1.54) is 43.1 Å². The zero-order chi connectivity index (χ0) is 49.0. The first kappa shape index (κ1) is 41.4. The zero-order valence-electron chi connectivity index (χ0n) is 39.8. The van der Waals surface area contributed by atoms with Gasteiger partial charge in [0.25, 0.3) is 0 Å². The van der Waals surface area contributed by atoms with Gasteiger partial charge in [0, 0.05) is 66.4 Å². The van der Waals surface area contributed by atoms with Gasteiger partial charge in [0.15, 0.2) is 0 Å². The maximum absolute atomic E-state index is 9.58. The normalized spacial score (nSPS) is 11.8. The summed E-state index contributed by atoms with van der Waals surface area (Å²) in [5, 5.41) is 33.4. The summed E-state index contributed by atoms with van der Waals surface area (Å²) in [7, 11) is 0. The second kappa shape index (κ2) is 16.1. The highest BCUT2D eigenvalue weighted by Gasteiger charge is 2.25. The summed E-state index contributed by atoms with van der Waals surface area (Å²) in [5.74, 6) is 0. The summed E-state index contributed by atoms with van der Waals surface area (Å²) in [5.41, 5.74) is 14.4. The van der Waals surface area contributed by atoms with Crippen molar-refractivity contribution in [1.82, 2.24) is 9.13 Å². The first-order chi connectivity index (χ1) is 36.6. The molecule has 0 spiro atoms. The minimum absolute atomic E-state index is 0.642. The molecular weight excluding hydrogens is 901 g/mol. The molecule has 74 heavy (non-hydrogen) atoms. The maximum Gasteiger partial charge on any atom is 0.0991 e. The molecule has 6 nitrogen and oxygen atoms in total. The van der Waals surface area contributed by atoms with E-state index >= 15 is 0 Å². The molecule has 2 aromatic heterocycles. The van der Waals surface area contributed by atoms with Gasteiger partial charge in [-0.3, -0.25) is 0 Å². The van der Waals surface area contributed by atoms with Gasteiger partial charge in [-0.05, 0) is 166 Å². The van der Waals surface area contributed by atoms with Crippen molar-refractivity contribution in [2.24, 2.45) is 0 Å². The lowest BCUT2D eigenvalue weighted by molar-refractivity contribution is 1.18. The average molecular weight is 941 g/mol. The zero-order valence-corrected chi connectivity index (χ0v) is 39.8. The van der Waals surface area contributed by atoms with Crippen molar-refractivity contribution < 1.29 is 0 Å². The maximum atomic E-state index is 9.58. The molecule has 0 N–H and O–H groups in total. The van der Waals surface area contributed by atoms with Crippen molar-refractivity contribution in [2.75, 3.05) is 9.80 Å². The van der Waals surface area contributed by atoms with Gasteiger partial charge in [0.2, 0.25) is 0 Å². The fraction of sp³-hybridized carbons (Fsp3) is 0. The molecule has 342 valence electrons. The Bertz CT molecular complexity index is 4480. The third-order valence-corrected chi connectivity index (χ3v) is 15.2. The Morgan fingerprint density at radius 3 is 1.09 bits per heavy atom. The molecule has 0 bridgehead atoms. The van der Waals surface area contributed by atoms with Gasteiger partial charge >= 0.3 is 0 Å². The second-order valence-electron chi connectivity index (χ2n) is 19.1. The van der Waals surface area contributed by atoms with Crippen LogP contribution in [-0.4, -0.2) is 9.13 Å². The summed E-state index contributed by atoms with van der Waals surface area (Å²) in [4.78, 5) is 4.79. The Hall–Kier alpha value is -10.4. The first-order valence-corrected chi connectivity index (χ1v) is 24.9. The summed E-state index contributed by atoms with van der Waals surface area (Å²) in [6.07, 6.45) is 0. The van der Waals surface area contributed by atoms with Crippen LogP contribution in [0.1, 0.15) is 11.1 Å². The van der Waals surface area contributed by atoms with E-state index in [1.807, 2.05) is 48.5 Å². The number of rotatable bonds is 8. The number of hydrogen-bond acceptors (Lipinski definition) is 4. The van der Waals surface area contributed by atoms with Crippen molar-refractivity contribution in [3.8, 4) is 23.5 Å². The number of fused-ring (bicyclic) bond motifs is 3. The highest BCUT2D eigenvalue weighted by Crippen LogP contribution is 2.49. The standard InChI is InChI=1S/C68H40N6/c69-41-43-17-25-51(26-18-43)73-61-15-7-9-45-23-31-57-59(35-37-63(73)67(57)65(45)61)71(49-11-3-1-4-12-49)53-29-33-55-47(39-53)21-22-48-40-54(30-34-56(48)55)72(50-13-5-2-6-14-50)60-36-38-64-68-58(60)32-24-46-10-8-16-62(66(46)68)74(64)52-27-19-44(42-70)20-28-52/h1-40H. The Morgan fingerprint density at radius 2 is 0.676 bits per heavy atom. The summed E-state index contributed by atoms with van der Waals surface area (Å²) in [6.45, 7) is 0. The largest absolute Gasteiger partial charge is 0.310 e. The predicted octanol–water partition coefficient (Wildman–Crippen LogP) is 18.1. The quantitative estimate of drug-likeness (QED) is 0.142. The van der Waals surface area contributed by atoms with E-state index in [1.54, 1.807) is 0 Å². The Balaban J connectivity index is 0.865. The molecule has 13 aromatic carbocycles. The molecular formula is C68H40N6. The summed E-state index contributed by atoms with van der Waals surface area (Å²) >= 11 is 0. The Morgan fingerprint density at radius 1 is 0.284 bits per heavy atom. The van der Waals surface area contributed by atoms with E-state index in [0.29, 0.717) is 11.1 Å². The Labute approximate surface area is 425 Å². The van der Waals surface area contributed by atoms with Gasteiger partial charge in [-0.15, -0.1) is 0 Å². The van der Waals surface area contributed by atoms with E-state index in [4.69, 9.17) is 0 Å². The van der Waals surface area contributed by atoms with Crippen LogP contribution in [0.25, 0.3) is 98.1 Å². The molecule has 0 saturated carbocycles. The molecule has 0 amide bonds. The van der Waals surface area contributed by atoms with Crippen molar-refractivity contribution in [1.29, 1.82) is 10.5 Å². The minimum Gasteiger partial charge on any atom is -0.310 e. The molecule has 0 fully saturated rings. The molecule has 0 atom stereocenters. The third-order valence-electron chi connectivity index (χ3n) is 15.2. The van der Waals surface area contributed by atoms with Gasteiger partial charge in [0.05, 0.1) is 56.7 Å². The fourth-order valence-corrected chi connectivity index (χ4v) is 12.0. The first-order valence-electron chi connectivity index (χ1n) is 24.9. The third kappa shape index (κ3) is 6.10. The number of hydrogen-bond donors (Lipinski definition) is 0. The van der Waals surface area contributed by atoms with Crippen LogP contribution in [0.5, 0.6) is 0 Å². The van der Waals surface area contributed by atoms with E-state index in [-0.39, 0.29) is 0 Å². The highest BCUT2D eigenvalue weighted by molar-refractivity contribution is 6.28. The number of nitrogens with zero attached hydrogens (tertiary/aromatic N) is 6. The van der Waals surface area contributed by atoms with E-state index in [9.17, 15) is 10.5 Å². The van der Waals surface area contributed by atoms with Crippen LogP contribution < -0.4 is 9.80 Å². The van der Waals surface area contributed by atoms with Gasteiger partial charge in [0.1, 0.15) is 0 Å². The highest BCUT2D eigenvalue weighted by atomic mass is 15.2. The number of nitriles is 2. The predicted molar refractivity (Wildman–Crippen MR) is 306 cm³/mol. The topological polar surface area (TPSA) is 63.9 Å². The lowest BCUT2D eigenvalue weighted by atomic mass is 9.98. The van der Waals surface area contributed by atoms with Crippen LogP contribution in [0, 0.1) is 22.7 Å². The molecule has 0 saturated heterocycles. The second-order valence-corrected chi connectivity index (χ2v) is 19.1. The molecule has 0 aliphatic rings. The van der Waals surface area contributed by atoms with Gasteiger partial charge in [-0.25, -0.2) is 0 Å². The summed E-state index contributed by atoms with van der Waals surface area (Å²) < 4.78 is 4.66. The lowest BCUT2D eigenvalue weighted by Crippen LogP contribution is -2.11. The summed E-state index contributed by atoms with van der Waals surface area (Å²) in [6, 6.07) is 91.1. The van der Waals surface area contributed by atoms with Crippen molar-refractivity contribution in [3.05, 3.63) is 254 Å². The average Bonchev–Trinajstić information content (AvgIpc) is 4.06. The van der Waals surface area contributed by atoms with Crippen LogP contribution in [-0.2, 0) is 0 Å². The fourth-order valence-electron chi connectivity index (χ4n) is 12.0. The molecule has 0 unspecified atom stereocenters. The van der Waals surface area contributed by atoms with Crippen molar-refractivity contribution in [2.45, 2.75) is 0 Å². The number of para-hydroxylation sites is 2. The minimum atomic E-state index is 0.642. The van der Waals surface area contributed by atoms with E-state index < -0.39 is 0 Å². The molecule has 2 heterocycles. The smallest absolute Gasteiger partial charge is 0.0991 e. The lowest BCUT2D eigenvalue weighted by Gasteiger charge is -2.28. The molecule has 15 aromatic rings. The molecule has 6 heteroatoms. The van der Waals surface area contributed by atoms with Gasteiger partial charge < -0.3 is 18.9 Å². The number of aromatic nitrogens is 2. The van der Waals surface area contributed by atoms with E-state index in [0.717, 1.165) is 89.1 Å². The van der Waals surface area contributed by atoms with Gasteiger partial charge in [-0.2, -0.15) is 10.5 Å². The molecule has 0 radical (unpaired) electrons. The monoisotopic (exact) mass is 940 g/mol. The van der Waals surface area contributed by atoms with Crippen LogP contribution in [0.15, 0.2) is 243 Å². The van der Waals surface area contributed by atoms with Crippen LogP contribution in [0.4, 0.5) is 34.1 Å². The van der Waals surface area contributed by atoms with Crippen LogP contribution >= 0.6 is 0 Å². The molecule has 0 aliphatic heterocycles. The van der Waals surface area contributed by atoms with Crippen LogP contribution in [0.2, 0.25) is 0 Å². The van der Waals surface area contributed by atoms with Gasteiger partial charge in [-0.1, -0.05) is 109 Å². The van der Waals surface area contributed by atoms with E-state index in [2.05, 4.69) is 225 Å². The molecule has 15 rings (SSSR count). The number of benzene rings is 13. The Kier molecular flexibility index (Phi) is 8.99.